The fraction of sp³-hybridized carbons (Fsp3) is 0.0625. The molecule has 0 aliphatic heterocycles. The van der Waals surface area contributed by atoms with Gasteiger partial charge in [-0.25, -0.2) is 4.79 Å². The van der Waals surface area contributed by atoms with Crippen molar-refractivity contribution in [1.82, 2.24) is 5.32 Å². The summed E-state index contributed by atoms with van der Waals surface area (Å²) in [7, 11) is 0. The van der Waals surface area contributed by atoms with E-state index in [-0.39, 0.29) is 6.03 Å². The van der Waals surface area contributed by atoms with Crippen molar-refractivity contribution >= 4 is 49.7 Å². The molecular formula is C16H14Br2N2O. The molecule has 2 aromatic carbocycles. The van der Waals surface area contributed by atoms with Gasteiger partial charge in [0.2, 0.25) is 0 Å². The molecule has 2 N–H and O–H groups in total. The first kappa shape index (κ1) is 15.8. The molecule has 0 aliphatic rings. The molecule has 0 bridgehead atoms. The zero-order valence-corrected chi connectivity index (χ0v) is 14.5. The van der Waals surface area contributed by atoms with Crippen LogP contribution in [0, 0.1) is 6.92 Å². The second-order valence-electron chi connectivity index (χ2n) is 4.45. The molecule has 0 heterocycles. The Bertz CT molecular complexity index is 666. The van der Waals surface area contributed by atoms with E-state index in [1.54, 1.807) is 6.20 Å². The van der Waals surface area contributed by atoms with E-state index in [1.807, 2.05) is 55.5 Å². The number of hydrogen-bond acceptors (Lipinski definition) is 1. The van der Waals surface area contributed by atoms with Crippen LogP contribution in [0.25, 0.3) is 6.08 Å². The zero-order chi connectivity index (χ0) is 15.2. The molecule has 2 amide bonds. The average molecular weight is 410 g/mol. The molecule has 0 aliphatic carbocycles. The molecule has 0 aromatic heterocycles. The number of hydrogen-bond donors (Lipinski definition) is 2. The van der Waals surface area contributed by atoms with Crippen LogP contribution in [0.4, 0.5) is 10.5 Å². The summed E-state index contributed by atoms with van der Waals surface area (Å²) in [5.41, 5.74) is 2.83. The highest BCUT2D eigenvalue weighted by Gasteiger charge is 2.01. The Morgan fingerprint density at radius 2 is 1.81 bits per heavy atom. The third-order valence-corrected chi connectivity index (χ3v) is 4.19. The minimum Gasteiger partial charge on any atom is -0.314 e. The molecule has 108 valence electrons. The van der Waals surface area contributed by atoms with Crippen LogP contribution in [0.2, 0.25) is 0 Å². The highest BCUT2D eigenvalue weighted by atomic mass is 79.9. The highest BCUT2D eigenvalue weighted by Crippen LogP contribution is 2.19. The molecule has 0 fully saturated rings. The number of rotatable bonds is 3. The molecular weight excluding hydrogens is 396 g/mol. The van der Waals surface area contributed by atoms with Gasteiger partial charge in [0.25, 0.3) is 0 Å². The van der Waals surface area contributed by atoms with Crippen molar-refractivity contribution in [3.63, 3.8) is 0 Å². The monoisotopic (exact) mass is 408 g/mol. The minimum atomic E-state index is -0.273. The normalized spacial score (nSPS) is 10.6. The molecule has 0 unspecified atom stereocenters. The van der Waals surface area contributed by atoms with Crippen LogP contribution in [-0.4, -0.2) is 6.03 Å². The Hall–Kier alpha value is -1.59. The van der Waals surface area contributed by atoms with Gasteiger partial charge < -0.3 is 10.6 Å². The number of halogens is 2. The number of urea groups is 1. The molecule has 0 atom stereocenters. The molecule has 2 aromatic rings. The quantitative estimate of drug-likeness (QED) is 0.708. The highest BCUT2D eigenvalue weighted by molar-refractivity contribution is 9.10. The van der Waals surface area contributed by atoms with E-state index in [4.69, 9.17) is 0 Å². The van der Waals surface area contributed by atoms with Crippen molar-refractivity contribution in [2.75, 3.05) is 5.32 Å². The maximum absolute atomic E-state index is 11.8. The minimum absolute atomic E-state index is 0.273. The Morgan fingerprint density at radius 3 is 2.48 bits per heavy atom. The van der Waals surface area contributed by atoms with E-state index in [1.165, 1.54) is 0 Å². The smallest absolute Gasteiger partial charge is 0.314 e. The van der Waals surface area contributed by atoms with Crippen molar-refractivity contribution in [3.05, 3.63) is 68.7 Å². The van der Waals surface area contributed by atoms with Crippen LogP contribution < -0.4 is 10.6 Å². The maximum Gasteiger partial charge on any atom is 0.323 e. The summed E-state index contributed by atoms with van der Waals surface area (Å²) in [6.45, 7) is 1.97. The second kappa shape index (κ2) is 7.43. The number of aryl methyl sites for hydroxylation is 1. The van der Waals surface area contributed by atoms with Crippen LogP contribution in [0.3, 0.4) is 0 Å². The lowest BCUT2D eigenvalue weighted by Gasteiger charge is -2.06. The summed E-state index contributed by atoms with van der Waals surface area (Å²) >= 11 is 6.80. The predicted molar refractivity (Wildman–Crippen MR) is 94.2 cm³/mol. The van der Waals surface area contributed by atoms with Crippen molar-refractivity contribution in [1.29, 1.82) is 0 Å². The van der Waals surface area contributed by atoms with E-state index in [0.717, 1.165) is 25.8 Å². The first-order valence-corrected chi connectivity index (χ1v) is 7.89. The Morgan fingerprint density at radius 1 is 1.10 bits per heavy atom. The summed E-state index contributed by atoms with van der Waals surface area (Å²) in [6, 6.07) is 13.2. The molecule has 21 heavy (non-hydrogen) atoms. The molecule has 3 nitrogen and oxygen atoms in total. The molecule has 0 saturated heterocycles. The number of amides is 2. The van der Waals surface area contributed by atoms with E-state index in [0.29, 0.717) is 0 Å². The van der Waals surface area contributed by atoms with Gasteiger partial charge in [0.15, 0.2) is 0 Å². The van der Waals surface area contributed by atoms with E-state index < -0.39 is 0 Å². The van der Waals surface area contributed by atoms with Gasteiger partial charge in [-0.1, -0.05) is 44.0 Å². The average Bonchev–Trinajstić information content (AvgIpc) is 2.45. The van der Waals surface area contributed by atoms with Gasteiger partial charge in [-0.2, -0.15) is 0 Å². The second-order valence-corrected chi connectivity index (χ2v) is 6.22. The number of anilines is 1. The number of carbonyl (C=O) groups is 1. The Labute approximate surface area is 140 Å². The van der Waals surface area contributed by atoms with Crippen molar-refractivity contribution in [3.8, 4) is 0 Å². The lowest BCUT2D eigenvalue weighted by atomic mass is 10.2. The summed E-state index contributed by atoms with van der Waals surface area (Å²) in [4.78, 5) is 11.8. The predicted octanol–water partition coefficient (Wildman–Crippen LogP) is 5.31. The fourth-order valence-corrected chi connectivity index (χ4v) is 2.19. The summed E-state index contributed by atoms with van der Waals surface area (Å²) < 4.78 is 2.04. The lowest BCUT2D eigenvalue weighted by Crippen LogP contribution is -2.23. The summed E-state index contributed by atoms with van der Waals surface area (Å²) in [5, 5.41) is 5.45. The summed E-state index contributed by atoms with van der Waals surface area (Å²) in [6.07, 6.45) is 3.45. The SMILES string of the molecule is Cc1cc(NC(=O)N/C=C/c2ccc(Br)cc2)ccc1Br. The largest absolute Gasteiger partial charge is 0.323 e. The van der Waals surface area contributed by atoms with Crippen molar-refractivity contribution < 1.29 is 4.79 Å². The third kappa shape index (κ3) is 5.02. The van der Waals surface area contributed by atoms with Crippen LogP contribution in [0.1, 0.15) is 11.1 Å². The van der Waals surface area contributed by atoms with Crippen molar-refractivity contribution in [2.24, 2.45) is 0 Å². The van der Waals surface area contributed by atoms with Crippen LogP contribution >= 0.6 is 31.9 Å². The summed E-state index contributed by atoms with van der Waals surface area (Å²) in [5.74, 6) is 0. The lowest BCUT2D eigenvalue weighted by molar-refractivity contribution is 0.255. The molecule has 2 rings (SSSR count). The number of benzene rings is 2. The van der Waals surface area contributed by atoms with Gasteiger partial charge in [-0.05, 0) is 54.5 Å². The van der Waals surface area contributed by atoms with Crippen LogP contribution in [0.15, 0.2) is 57.6 Å². The Balaban J connectivity index is 1.89. The number of carbonyl (C=O) groups excluding carboxylic acids is 1. The first-order chi connectivity index (χ1) is 10.0. The van der Waals surface area contributed by atoms with Gasteiger partial charge in [-0.3, -0.25) is 0 Å². The molecule has 0 saturated carbocycles. The fourth-order valence-electron chi connectivity index (χ4n) is 1.68. The van der Waals surface area contributed by atoms with E-state index >= 15 is 0 Å². The van der Waals surface area contributed by atoms with E-state index in [9.17, 15) is 4.79 Å². The van der Waals surface area contributed by atoms with Gasteiger partial charge in [0.05, 0.1) is 0 Å². The van der Waals surface area contributed by atoms with Gasteiger partial charge in [0, 0.05) is 20.8 Å². The molecule has 0 radical (unpaired) electrons. The topological polar surface area (TPSA) is 41.1 Å². The standard InChI is InChI=1S/C16H14Br2N2O/c1-11-10-14(6-7-15(11)18)20-16(21)19-9-8-12-2-4-13(17)5-3-12/h2-10H,1H3,(H2,19,20,21)/b9-8+. The third-order valence-electron chi connectivity index (χ3n) is 2.78. The van der Waals surface area contributed by atoms with Gasteiger partial charge in [0.1, 0.15) is 0 Å². The van der Waals surface area contributed by atoms with E-state index in [2.05, 4.69) is 42.5 Å². The van der Waals surface area contributed by atoms with Crippen LogP contribution in [0.5, 0.6) is 0 Å². The van der Waals surface area contributed by atoms with Gasteiger partial charge >= 0.3 is 6.03 Å². The molecule has 0 spiro atoms. The first-order valence-electron chi connectivity index (χ1n) is 6.30. The van der Waals surface area contributed by atoms with Gasteiger partial charge in [-0.15, -0.1) is 0 Å². The van der Waals surface area contributed by atoms with Crippen LogP contribution in [-0.2, 0) is 0 Å². The number of nitrogens with one attached hydrogen (secondary N) is 2. The molecule has 5 heteroatoms. The maximum atomic E-state index is 11.8. The Kier molecular flexibility index (Phi) is 5.59. The van der Waals surface area contributed by atoms with Crippen molar-refractivity contribution in [2.45, 2.75) is 6.92 Å². The zero-order valence-electron chi connectivity index (χ0n) is 11.4.